The first-order valence-corrected chi connectivity index (χ1v) is 11.5. The second-order valence-electron chi connectivity index (χ2n) is 8.35. The normalized spacial score (nSPS) is 13.2. The van der Waals surface area contributed by atoms with Crippen molar-refractivity contribution in [2.24, 2.45) is 0 Å². The number of benzene rings is 3. The van der Waals surface area contributed by atoms with Crippen molar-refractivity contribution in [3.8, 4) is 5.75 Å². The van der Waals surface area contributed by atoms with Gasteiger partial charge >= 0.3 is 5.97 Å². The number of nitrogens with one attached hydrogen (secondary N) is 1. The van der Waals surface area contributed by atoms with E-state index < -0.39 is 29.8 Å². The zero-order valence-corrected chi connectivity index (χ0v) is 20.0. The predicted molar refractivity (Wildman–Crippen MR) is 132 cm³/mol. The summed E-state index contributed by atoms with van der Waals surface area (Å²) in [4.78, 5) is 51.9. The number of ether oxygens (including phenoxy) is 2. The first kappa shape index (κ1) is 24.7. The molecule has 184 valence electrons. The van der Waals surface area contributed by atoms with E-state index in [1.54, 1.807) is 36.4 Å². The van der Waals surface area contributed by atoms with E-state index in [4.69, 9.17) is 9.47 Å². The second kappa shape index (κ2) is 10.9. The minimum Gasteiger partial charge on any atom is -0.496 e. The van der Waals surface area contributed by atoms with Crippen LogP contribution in [0, 0.1) is 0 Å². The summed E-state index contributed by atoms with van der Waals surface area (Å²) in [5.41, 5.74) is 2.42. The molecule has 1 N–H and O–H groups in total. The number of carbonyl (C=O) groups is 4. The van der Waals surface area contributed by atoms with Crippen molar-refractivity contribution in [1.82, 2.24) is 10.2 Å². The fourth-order valence-corrected chi connectivity index (χ4v) is 3.97. The molecule has 0 saturated heterocycles. The molecule has 3 aromatic carbocycles. The number of fused-ring (bicyclic) bond motifs is 1. The maximum atomic E-state index is 12.9. The van der Waals surface area contributed by atoms with Crippen LogP contribution in [0.15, 0.2) is 72.8 Å². The van der Waals surface area contributed by atoms with Crippen molar-refractivity contribution >= 4 is 23.7 Å². The van der Waals surface area contributed by atoms with E-state index in [0.29, 0.717) is 29.7 Å². The molecule has 1 unspecified atom stereocenters. The predicted octanol–water partition coefficient (Wildman–Crippen LogP) is 3.40. The third kappa shape index (κ3) is 5.27. The van der Waals surface area contributed by atoms with Crippen LogP contribution in [0.1, 0.15) is 49.1 Å². The summed E-state index contributed by atoms with van der Waals surface area (Å²) < 4.78 is 10.7. The molecular formula is C28H26N2O6. The lowest BCUT2D eigenvalue weighted by Gasteiger charge is -2.17. The quantitative estimate of drug-likeness (QED) is 0.368. The van der Waals surface area contributed by atoms with Gasteiger partial charge in [0.1, 0.15) is 11.3 Å². The van der Waals surface area contributed by atoms with Gasteiger partial charge in [0.25, 0.3) is 17.7 Å². The van der Waals surface area contributed by atoms with Crippen LogP contribution in [0.3, 0.4) is 0 Å². The second-order valence-corrected chi connectivity index (χ2v) is 8.35. The van der Waals surface area contributed by atoms with Gasteiger partial charge in [-0.1, -0.05) is 48.5 Å². The van der Waals surface area contributed by atoms with Crippen LogP contribution >= 0.6 is 0 Å². The summed E-state index contributed by atoms with van der Waals surface area (Å²) in [7, 11) is 1.41. The molecule has 0 fully saturated rings. The van der Waals surface area contributed by atoms with Crippen LogP contribution < -0.4 is 10.1 Å². The third-order valence-corrected chi connectivity index (χ3v) is 5.91. The first-order chi connectivity index (χ1) is 17.4. The molecule has 0 bridgehead atoms. The SMILES string of the molecule is COc1ccc(CN2C(=O)c3ccccc3C2=O)cc1C(=O)OC(C)C(=O)NCCc1ccccc1. The molecule has 0 spiro atoms. The van der Waals surface area contributed by atoms with Crippen molar-refractivity contribution in [3.63, 3.8) is 0 Å². The third-order valence-electron chi connectivity index (χ3n) is 5.91. The fourth-order valence-electron chi connectivity index (χ4n) is 3.97. The highest BCUT2D eigenvalue weighted by atomic mass is 16.5. The molecule has 0 aromatic heterocycles. The highest BCUT2D eigenvalue weighted by molar-refractivity contribution is 6.21. The maximum absolute atomic E-state index is 12.9. The number of imide groups is 1. The number of nitrogens with zero attached hydrogens (tertiary/aromatic N) is 1. The smallest absolute Gasteiger partial charge is 0.342 e. The van der Waals surface area contributed by atoms with Gasteiger partial charge in [-0.05, 0) is 48.7 Å². The molecule has 0 aliphatic carbocycles. The minimum atomic E-state index is -1.03. The average molecular weight is 487 g/mol. The minimum absolute atomic E-state index is 0.0217. The van der Waals surface area contributed by atoms with E-state index >= 15 is 0 Å². The Bertz CT molecular complexity index is 1270. The summed E-state index contributed by atoms with van der Waals surface area (Å²) in [5.74, 6) is -1.70. The average Bonchev–Trinajstić information content (AvgIpc) is 3.14. The molecule has 4 rings (SSSR count). The topological polar surface area (TPSA) is 102 Å². The van der Waals surface area contributed by atoms with E-state index in [1.807, 2.05) is 30.3 Å². The van der Waals surface area contributed by atoms with Crippen molar-refractivity contribution in [2.75, 3.05) is 13.7 Å². The Morgan fingerprint density at radius 1 is 0.889 bits per heavy atom. The Morgan fingerprint density at radius 2 is 1.53 bits per heavy atom. The fraction of sp³-hybridized carbons (Fsp3) is 0.214. The lowest BCUT2D eigenvalue weighted by molar-refractivity contribution is -0.129. The summed E-state index contributed by atoms with van der Waals surface area (Å²) in [6, 6.07) is 21.1. The maximum Gasteiger partial charge on any atom is 0.342 e. The van der Waals surface area contributed by atoms with Gasteiger partial charge in [0.05, 0.1) is 24.8 Å². The standard InChI is InChI=1S/C28H26N2O6/c1-18(25(31)29-15-14-19-8-4-3-5-9-19)36-28(34)23-16-20(12-13-24(23)35-2)17-30-26(32)21-10-6-7-11-22(21)27(30)33/h3-13,16,18H,14-15,17H2,1-2H3,(H,29,31). The zero-order chi connectivity index (χ0) is 25.7. The molecule has 0 radical (unpaired) electrons. The van der Waals surface area contributed by atoms with Gasteiger partial charge in [-0.3, -0.25) is 19.3 Å². The molecular weight excluding hydrogens is 460 g/mol. The molecule has 0 saturated carbocycles. The summed E-state index contributed by atoms with van der Waals surface area (Å²) in [6.07, 6.45) is -0.376. The summed E-state index contributed by atoms with van der Waals surface area (Å²) in [6.45, 7) is 1.88. The van der Waals surface area contributed by atoms with E-state index in [-0.39, 0.29) is 17.9 Å². The number of methoxy groups -OCH3 is 1. The monoisotopic (exact) mass is 486 g/mol. The lowest BCUT2D eigenvalue weighted by atomic mass is 10.1. The van der Waals surface area contributed by atoms with Crippen LogP contribution in [0.2, 0.25) is 0 Å². The van der Waals surface area contributed by atoms with Gasteiger partial charge in [0.15, 0.2) is 6.10 Å². The molecule has 3 aromatic rings. The molecule has 1 aliphatic rings. The molecule has 8 nitrogen and oxygen atoms in total. The van der Waals surface area contributed by atoms with Gasteiger partial charge in [-0.15, -0.1) is 0 Å². The van der Waals surface area contributed by atoms with E-state index in [0.717, 1.165) is 10.5 Å². The van der Waals surface area contributed by atoms with E-state index in [2.05, 4.69) is 5.32 Å². The Balaban J connectivity index is 1.40. The number of rotatable bonds is 9. The van der Waals surface area contributed by atoms with E-state index in [9.17, 15) is 19.2 Å². The van der Waals surface area contributed by atoms with Crippen LogP contribution in [-0.2, 0) is 22.5 Å². The summed E-state index contributed by atoms with van der Waals surface area (Å²) in [5, 5.41) is 2.77. The largest absolute Gasteiger partial charge is 0.496 e. The Labute approximate surface area is 208 Å². The zero-order valence-electron chi connectivity index (χ0n) is 20.0. The highest BCUT2D eigenvalue weighted by Crippen LogP contribution is 2.27. The van der Waals surface area contributed by atoms with E-state index in [1.165, 1.54) is 20.1 Å². The Kier molecular flexibility index (Phi) is 7.44. The number of hydrogen-bond donors (Lipinski definition) is 1. The first-order valence-electron chi connectivity index (χ1n) is 11.5. The molecule has 1 atom stereocenters. The van der Waals surface area contributed by atoms with Crippen LogP contribution in [-0.4, -0.2) is 48.3 Å². The number of carbonyl (C=O) groups excluding carboxylic acids is 4. The number of hydrogen-bond acceptors (Lipinski definition) is 6. The van der Waals surface area contributed by atoms with Gasteiger partial charge in [-0.25, -0.2) is 4.79 Å². The van der Waals surface area contributed by atoms with Crippen LogP contribution in [0.4, 0.5) is 0 Å². The lowest BCUT2D eigenvalue weighted by Crippen LogP contribution is -2.37. The molecule has 1 heterocycles. The van der Waals surface area contributed by atoms with Crippen molar-refractivity contribution < 1.29 is 28.7 Å². The number of amides is 3. The van der Waals surface area contributed by atoms with Gasteiger partial charge in [-0.2, -0.15) is 0 Å². The van der Waals surface area contributed by atoms with Crippen molar-refractivity contribution in [3.05, 3.63) is 101 Å². The molecule has 1 aliphatic heterocycles. The molecule has 8 heteroatoms. The van der Waals surface area contributed by atoms with Crippen molar-refractivity contribution in [1.29, 1.82) is 0 Å². The number of esters is 1. The Morgan fingerprint density at radius 3 is 2.17 bits per heavy atom. The van der Waals surface area contributed by atoms with Crippen LogP contribution in [0.25, 0.3) is 0 Å². The molecule has 36 heavy (non-hydrogen) atoms. The van der Waals surface area contributed by atoms with Crippen molar-refractivity contribution in [2.45, 2.75) is 26.0 Å². The van der Waals surface area contributed by atoms with Gasteiger partial charge in [0.2, 0.25) is 0 Å². The highest BCUT2D eigenvalue weighted by Gasteiger charge is 2.35. The molecule has 3 amide bonds. The van der Waals surface area contributed by atoms with Crippen LogP contribution in [0.5, 0.6) is 5.75 Å². The van der Waals surface area contributed by atoms with Gasteiger partial charge in [0, 0.05) is 6.54 Å². The van der Waals surface area contributed by atoms with Gasteiger partial charge < -0.3 is 14.8 Å². The summed E-state index contributed by atoms with van der Waals surface area (Å²) >= 11 is 0. The Hall–Kier alpha value is -4.46.